The van der Waals surface area contributed by atoms with Crippen LogP contribution in [0.15, 0.2) is 0 Å². The molecule has 0 aliphatic rings. The Morgan fingerprint density at radius 2 is 1.60 bits per heavy atom. The van der Waals surface area contributed by atoms with Crippen molar-refractivity contribution < 1.29 is 28.5 Å². The number of esters is 1. The minimum Gasteiger partial charge on any atom is -0.359 e. The number of hydrogen-bond donors (Lipinski definition) is 0. The molecule has 0 heterocycles. The summed E-state index contributed by atoms with van der Waals surface area (Å²) in [6.07, 6.45) is 1.50. The third-order valence-electron chi connectivity index (χ3n) is 2.30. The van der Waals surface area contributed by atoms with Crippen molar-refractivity contribution in [2.45, 2.75) is 6.42 Å². The van der Waals surface area contributed by atoms with Crippen LogP contribution in [0, 0.1) is 11.5 Å². The highest BCUT2D eigenvalue weighted by Crippen LogP contribution is 1.95. The summed E-state index contributed by atoms with van der Waals surface area (Å²) in [5, 5.41) is 8.23. The average molecular weight is 290 g/mol. The molecule has 0 saturated heterocycles. The second kappa shape index (κ2) is 14.2. The average Bonchev–Trinajstić information content (AvgIpc) is 2.44. The molecule has 0 N–H and O–H groups in total. The number of rotatable bonds is 13. The third kappa shape index (κ3) is 11.8. The molecule has 0 amide bonds. The Hall–Kier alpha value is -1.24. The van der Waals surface area contributed by atoms with Crippen molar-refractivity contribution in [3.63, 3.8) is 0 Å². The first-order valence-electron chi connectivity index (χ1n) is 6.19. The van der Waals surface area contributed by atoms with Crippen LogP contribution in [0.5, 0.6) is 0 Å². The summed E-state index contributed by atoms with van der Waals surface area (Å²) in [5.41, 5.74) is 0. The van der Waals surface area contributed by atoms with Crippen LogP contribution < -0.4 is 0 Å². The van der Waals surface area contributed by atoms with Crippen LogP contribution in [0.1, 0.15) is 6.42 Å². The first kappa shape index (κ1) is 18.8. The zero-order valence-corrected chi connectivity index (χ0v) is 12.0. The molecule has 8 heteroatoms. The van der Waals surface area contributed by atoms with Crippen LogP contribution >= 0.6 is 0 Å². The van der Waals surface area contributed by atoms with E-state index in [4.69, 9.17) is 24.2 Å². The lowest BCUT2D eigenvalue weighted by atomic mass is 10.3. The van der Waals surface area contributed by atoms with Gasteiger partial charge in [0.25, 0.3) is 6.26 Å². The minimum absolute atomic E-state index is 0.141. The molecule has 0 rings (SSSR count). The van der Waals surface area contributed by atoms with Gasteiger partial charge in [0, 0.05) is 33.9 Å². The Morgan fingerprint density at radius 3 is 2.05 bits per heavy atom. The highest BCUT2D eigenvalue weighted by atomic mass is 16.7. The summed E-state index contributed by atoms with van der Waals surface area (Å²) in [6, 6.07) is 0. The van der Waals surface area contributed by atoms with Crippen molar-refractivity contribution in [2.24, 2.45) is 0 Å². The van der Waals surface area contributed by atoms with Gasteiger partial charge < -0.3 is 23.7 Å². The van der Waals surface area contributed by atoms with Gasteiger partial charge in [-0.05, 0) is 0 Å². The van der Waals surface area contributed by atoms with Gasteiger partial charge in [0.1, 0.15) is 13.6 Å². The minimum atomic E-state index is -0.548. The second-order valence-corrected chi connectivity index (χ2v) is 3.79. The molecule has 0 unspecified atom stereocenters. The molecule has 0 aliphatic carbocycles. The maximum atomic E-state index is 11.1. The predicted molar refractivity (Wildman–Crippen MR) is 68.4 cm³/mol. The van der Waals surface area contributed by atoms with E-state index in [-0.39, 0.29) is 20.0 Å². The predicted octanol–water partition coefficient (Wildman–Crippen LogP) is -0.0562. The summed E-state index contributed by atoms with van der Waals surface area (Å²) in [6.45, 7) is 3.12. The Kier molecular flexibility index (Phi) is 13.3. The fraction of sp³-hybridized carbons (Fsp3) is 0.833. The van der Waals surface area contributed by atoms with Crippen molar-refractivity contribution in [2.75, 3.05) is 60.7 Å². The van der Waals surface area contributed by atoms with Crippen LogP contribution in [-0.4, -0.2) is 71.5 Å². The van der Waals surface area contributed by atoms with Crippen molar-refractivity contribution in [1.82, 2.24) is 4.90 Å². The van der Waals surface area contributed by atoms with Gasteiger partial charge in [0.15, 0.2) is 0 Å². The molecule has 0 saturated carbocycles. The van der Waals surface area contributed by atoms with E-state index in [1.807, 2.05) is 4.90 Å². The molecule has 116 valence electrons. The Labute approximate surface area is 119 Å². The van der Waals surface area contributed by atoms with Gasteiger partial charge in [-0.3, -0.25) is 9.69 Å². The van der Waals surface area contributed by atoms with Gasteiger partial charge in [-0.25, -0.2) is 0 Å². The van der Waals surface area contributed by atoms with Crippen LogP contribution in [0.3, 0.4) is 0 Å². The van der Waals surface area contributed by atoms with Crippen LogP contribution in [0.4, 0.5) is 0 Å². The molecular formula is C12H22N2O6. The van der Waals surface area contributed by atoms with Gasteiger partial charge in [-0.1, -0.05) is 0 Å². The van der Waals surface area contributed by atoms with Crippen LogP contribution in [0.2, 0.25) is 0 Å². The number of methoxy groups -OCH3 is 2. The Bertz CT molecular complexity index is 270. The lowest BCUT2D eigenvalue weighted by molar-refractivity contribution is -0.137. The maximum absolute atomic E-state index is 11.1. The summed E-state index contributed by atoms with van der Waals surface area (Å²) in [5.74, 6) is -0.548. The smallest absolute Gasteiger partial charge is 0.322 e. The van der Waals surface area contributed by atoms with Gasteiger partial charge in [0.05, 0.1) is 19.6 Å². The van der Waals surface area contributed by atoms with Crippen molar-refractivity contribution in [3.8, 4) is 6.26 Å². The topological polar surface area (TPSA) is 90.2 Å². The second-order valence-electron chi connectivity index (χ2n) is 3.79. The SMILES string of the molecule is COCOCCN(CCOCOC)CCC(=O)OC#N. The summed E-state index contributed by atoms with van der Waals surface area (Å²) < 4.78 is 24.2. The van der Waals surface area contributed by atoms with E-state index in [0.29, 0.717) is 32.8 Å². The zero-order chi connectivity index (χ0) is 15.1. The third-order valence-corrected chi connectivity index (χ3v) is 2.30. The van der Waals surface area contributed by atoms with E-state index in [2.05, 4.69) is 4.74 Å². The molecule has 0 aromatic rings. The van der Waals surface area contributed by atoms with Crippen molar-refractivity contribution in [1.29, 1.82) is 5.26 Å². The number of carbonyl (C=O) groups excluding carboxylic acids is 1. The Balaban J connectivity index is 3.90. The molecule has 0 aromatic carbocycles. The summed E-state index contributed by atoms with van der Waals surface area (Å²) in [4.78, 5) is 13.1. The van der Waals surface area contributed by atoms with Gasteiger partial charge in [-0.15, -0.1) is 5.26 Å². The van der Waals surface area contributed by atoms with Crippen molar-refractivity contribution in [3.05, 3.63) is 0 Å². The van der Waals surface area contributed by atoms with Crippen LogP contribution in [0.25, 0.3) is 0 Å². The van der Waals surface area contributed by atoms with Crippen LogP contribution in [-0.2, 0) is 28.5 Å². The van der Waals surface area contributed by atoms with E-state index < -0.39 is 5.97 Å². The normalized spacial score (nSPS) is 10.5. The molecule has 0 radical (unpaired) electrons. The lowest BCUT2D eigenvalue weighted by Crippen LogP contribution is -2.33. The number of carbonyl (C=O) groups is 1. The quantitative estimate of drug-likeness (QED) is 0.202. The van der Waals surface area contributed by atoms with E-state index >= 15 is 0 Å². The van der Waals surface area contributed by atoms with Gasteiger partial charge in [-0.2, -0.15) is 0 Å². The lowest BCUT2D eigenvalue weighted by Gasteiger charge is -2.21. The van der Waals surface area contributed by atoms with Gasteiger partial charge in [0.2, 0.25) is 0 Å². The monoisotopic (exact) mass is 290 g/mol. The Morgan fingerprint density at radius 1 is 1.05 bits per heavy atom. The number of ether oxygens (including phenoxy) is 5. The van der Waals surface area contributed by atoms with E-state index in [1.54, 1.807) is 14.2 Å². The first-order valence-corrected chi connectivity index (χ1v) is 6.19. The van der Waals surface area contributed by atoms with E-state index in [1.165, 1.54) is 6.26 Å². The highest BCUT2D eigenvalue weighted by Gasteiger charge is 2.09. The van der Waals surface area contributed by atoms with E-state index in [0.717, 1.165) is 0 Å². The fourth-order valence-electron chi connectivity index (χ4n) is 1.36. The van der Waals surface area contributed by atoms with E-state index in [9.17, 15) is 4.79 Å². The maximum Gasteiger partial charge on any atom is 0.322 e. The molecule has 8 nitrogen and oxygen atoms in total. The summed E-state index contributed by atoms with van der Waals surface area (Å²) in [7, 11) is 3.10. The summed E-state index contributed by atoms with van der Waals surface area (Å²) >= 11 is 0. The molecule has 0 spiro atoms. The fourth-order valence-corrected chi connectivity index (χ4v) is 1.36. The number of hydrogen-bond acceptors (Lipinski definition) is 8. The molecule has 0 aromatic heterocycles. The molecular weight excluding hydrogens is 268 g/mol. The molecule has 20 heavy (non-hydrogen) atoms. The standard InChI is InChI=1S/C12H22N2O6/c1-16-10-18-7-5-14(6-8-19-11-17-2)4-3-12(15)20-9-13/h3-8,10-11H2,1-2H3. The molecule has 0 aliphatic heterocycles. The number of nitrogens with zero attached hydrogens (tertiary/aromatic N) is 2. The molecule has 0 bridgehead atoms. The molecule has 0 fully saturated rings. The zero-order valence-electron chi connectivity index (χ0n) is 12.0. The molecule has 0 atom stereocenters. The largest absolute Gasteiger partial charge is 0.359 e. The highest BCUT2D eigenvalue weighted by molar-refractivity contribution is 5.70. The van der Waals surface area contributed by atoms with Gasteiger partial charge >= 0.3 is 5.97 Å². The first-order chi connectivity index (χ1) is 9.74. The number of nitriles is 1. The van der Waals surface area contributed by atoms with Crippen molar-refractivity contribution >= 4 is 5.97 Å².